The molecule has 0 unspecified atom stereocenters. The van der Waals surface area contributed by atoms with E-state index in [4.69, 9.17) is 4.74 Å². The number of nitrogens with one attached hydrogen (secondary N) is 1. The second kappa shape index (κ2) is 6.59. The summed E-state index contributed by atoms with van der Waals surface area (Å²) in [6, 6.07) is 0.0484. The predicted molar refractivity (Wildman–Crippen MR) is 84.9 cm³/mol. The second-order valence-corrected chi connectivity index (χ2v) is 6.74. The molecular weight excluding hydrogens is 296 g/mol. The first-order chi connectivity index (χ1) is 11.0. The monoisotopic (exact) mass is 322 g/mol. The van der Waals surface area contributed by atoms with E-state index in [1.54, 1.807) is 11.8 Å². The number of carbonyl (C=O) groups is 1. The number of H-pyrrole nitrogens is 1. The van der Waals surface area contributed by atoms with Crippen molar-refractivity contribution in [3.05, 3.63) is 17.7 Å². The van der Waals surface area contributed by atoms with E-state index in [1.165, 1.54) is 0 Å². The van der Waals surface area contributed by atoms with Gasteiger partial charge in [-0.1, -0.05) is 0 Å². The van der Waals surface area contributed by atoms with Crippen molar-refractivity contribution >= 4 is 5.91 Å². The third-order valence-corrected chi connectivity index (χ3v) is 4.91. The number of piperidine rings is 1. The van der Waals surface area contributed by atoms with Crippen LogP contribution in [0.25, 0.3) is 0 Å². The zero-order valence-electron chi connectivity index (χ0n) is 13.9. The number of aromatic nitrogens is 2. The summed E-state index contributed by atoms with van der Waals surface area (Å²) >= 11 is 0. The lowest BCUT2D eigenvalue weighted by Gasteiger charge is -2.43. The fourth-order valence-electron chi connectivity index (χ4n) is 3.46. The summed E-state index contributed by atoms with van der Waals surface area (Å²) < 4.78 is 5.61. The molecule has 128 valence electrons. The third kappa shape index (κ3) is 3.73. The first-order valence-electron chi connectivity index (χ1n) is 8.28. The number of aliphatic hydroxyl groups is 1. The number of β-amino-alcohol motifs (C(OH)–C–C–N with tert-alkyl or cyclic N) is 1. The Hall–Kier alpha value is -1.44. The molecule has 2 N–H and O–H groups in total. The van der Waals surface area contributed by atoms with Gasteiger partial charge in [0, 0.05) is 45.0 Å². The number of likely N-dealkylation sites (tertiary alicyclic amines) is 1. The van der Waals surface area contributed by atoms with Gasteiger partial charge in [-0.15, -0.1) is 0 Å². The fourth-order valence-corrected chi connectivity index (χ4v) is 3.46. The Morgan fingerprint density at radius 3 is 2.83 bits per heavy atom. The van der Waals surface area contributed by atoms with Gasteiger partial charge in [0.1, 0.15) is 5.82 Å². The van der Waals surface area contributed by atoms with E-state index in [-0.39, 0.29) is 11.9 Å². The van der Waals surface area contributed by atoms with E-state index in [9.17, 15) is 9.90 Å². The smallest absolute Gasteiger partial charge is 0.219 e. The van der Waals surface area contributed by atoms with Crippen LogP contribution in [-0.4, -0.2) is 75.8 Å². The number of rotatable bonds is 3. The molecule has 0 saturated carbocycles. The van der Waals surface area contributed by atoms with Crippen LogP contribution in [0, 0.1) is 6.92 Å². The summed E-state index contributed by atoms with van der Waals surface area (Å²) in [5.74, 6) is 0.981. The van der Waals surface area contributed by atoms with Crippen LogP contribution >= 0.6 is 0 Å². The fraction of sp³-hybridized carbons (Fsp3) is 0.750. The largest absolute Gasteiger partial charge is 0.388 e. The molecule has 0 radical (unpaired) electrons. The summed E-state index contributed by atoms with van der Waals surface area (Å²) in [6.45, 7) is 7.45. The second-order valence-electron chi connectivity index (χ2n) is 6.74. The minimum absolute atomic E-state index is 0.0484. The molecule has 3 rings (SSSR count). The van der Waals surface area contributed by atoms with Crippen molar-refractivity contribution in [3.63, 3.8) is 0 Å². The number of hydrogen-bond acceptors (Lipinski definition) is 5. The van der Waals surface area contributed by atoms with Crippen LogP contribution in [-0.2, 0) is 9.53 Å². The third-order valence-electron chi connectivity index (χ3n) is 4.91. The van der Waals surface area contributed by atoms with Gasteiger partial charge in [-0.2, -0.15) is 0 Å². The van der Waals surface area contributed by atoms with Gasteiger partial charge in [0.05, 0.1) is 24.9 Å². The number of nitrogens with zero attached hydrogens (tertiary/aromatic N) is 3. The van der Waals surface area contributed by atoms with Gasteiger partial charge in [0.2, 0.25) is 5.91 Å². The highest BCUT2D eigenvalue weighted by atomic mass is 16.5. The molecule has 0 spiro atoms. The van der Waals surface area contributed by atoms with Gasteiger partial charge in [-0.05, 0) is 19.8 Å². The van der Waals surface area contributed by atoms with E-state index < -0.39 is 5.60 Å². The summed E-state index contributed by atoms with van der Waals surface area (Å²) in [5.41, 5.74) is 0.280. The van der Waals surface area contributed by atoms with Crippen molar-refractivity contribution in [1.29, 1.82) is 0 Å². The van der Waals surface area contributed by atoms with E-state index in [0.717, 1.165) is 18.1 Å². The molecule has 2 aliphatic rings. The lowest BCUT2D eigenvalue weighted by molar-refractivity contribution is -0.135. The minimum Gasteiger partial charge on any atom is -0.388 e. The molecule has 7 nitrogen and oxygen atoms in total. The molecule has 0 aromatic carbocycles. The van der Waals surface area contributed by atoms with Crippen LogP contribution in [0.3, 0.4) is 0 Å². The molecule has 0 bridgehead atoms. The lowest BCUT2D eigenvalue weighted by atomic mass is 9.90. The number of aromatic amines is 1. The van der Waals surface area contributed by atoms with E-state index in [2.05, 4.69) is 14.9 Å². The van der Waals surface area contributed by atoms with Crippen LogP contribution in [0.2, 0.25) is 0 Å². The Bertz CT molecular complexity index is 551. The summed E-state index contributed by atoms with van der Waals surface area (Å²) in [7, 11) is 0. The SMILES string of the molecule is CC(=O)N1CCC(O)(CN2CCOC[C@@H]2c2ncc(C)[nH]2)CC1. The average molecular weight is 322 g/mol. The summed E-state index contributed by atoms with van der Waals surface area (Å²) in [6.07, 6.45) is 3.06. The molecule has 0 aliphatic carbocycles. The molecule has 1 aromatic rings. The van der Waals surface area contributed by atoms with Crippen LogP contribution in [0.4, 0.5) is 0 Å². The first kappa shape index (κ1) is 16.4. The number of carbonyl (C=O) groups excluding carboxylic acids is 1. The van der Waals surface area contributed by atoms with Gasteiger partial charge in [-0.3, -0.25) is 9.69 Å². The number of morpholine rings is 1. The van der Waals surface area contributed by atoms with E-state index >= 15 is 0 Å². The molecule has 3 heterocycles. The molecule has 2 aliphatic heterocycles. The maximum atomic E-state index is 11.4. The van der Waals surface area contributed by atoms with Crippen molar-refractivity contribution in [2.24, 2.45) is 0 Å². The standard InChI is InChI=1S/C16H26N4O3/c1-12-9-17-15(18-12)14-10-23-8-7-20(14)11-16(22)3-5-19(6-4-16)13(2)21/h9,14,22H,3-8,10-11H2,1-2H3,(H,17,18)/t14-/m1/s1. The zero-order chi connectivity index (χ0) is 16.4. The number of imidazole rings is 1. The van der Waals surface area contributed by atoms with Gasteiger partial charge in [-0.25, -0.2) is 4.98 Å². The maximum absolute atomic E-state index is 11.4. The highest BCUT2D eigenvalue weighted by Gasteiger charge is 2.38. The molecule has 7 heteroatoms. The van der Waals surface area contributed by atoms with Gasteiger partial charge >= 0.3 is 0 Å². The highest BCUT2D eigenvalue weighted by molar-refractivity contribution is 5.73. The van der Waals surface area contributed by atoms with Gasteiger partial charge in [0.25, 0.3) is 0 Å². The topological polar surface area (TPSA) is 81.7 Å². The first-order valence-corrected chi connectivity index (χ1v) is 8.28. The van der Waals surface area contributed by atoms with Crippen molar-refractivity contribution in [2.75, 3.05) is 39.4 Å². The molecule has 1 atom stereocenters. The molecule has 23 heavy (non-hydrogen) atoms. The van der Waals surface area contributed by atoms with Crippen molar-refractivity contribution in [1.82, 2.24) is 19.8 Å². The van der Waals surface area contributed by atoms with Crippen molar-refractivity contribution in [2.45, 2.75) is 38.3 Å². The number of ether oxygens (including phenoxy) is 1. The molecular formula is C16H26N4O3. The summed E-state index contributed by atoms with van der Waals surface area (Å²) in [5, 5.41) is 10.9. The Morgan fingerprint density at radius 2 is 2.22 bits per heavy atom. The van der Waals surface area contributed by atoms with Crippen molar-refractivity contribution in [3.8, 4) is 0 Å². The van der Waals surface area contributed by atoms with Gasteiger partial charge < -0.3 is 19.7 Å². The summed E-state index contributed by atoms with van der Waals surface area (Å²) in [4.78, 5) is 23.2. The maximum Gasteiger partial charge on any atom is 0.219 e. The van der Waals surface area contributed by atoms with Crippen molar-refractivity contribution < 1.29 is 14.6 Å². The van der Waals surface area contributed by atoms with Crippen LogP contribution < -0.4 is 0 Å². The number of amides is 1. The van der Waals surface area contributed by atoms with Crippen LogP contribution in [0.15, 0.2) is 6.20 Å². The normalized spacial score (nSPS) is 25.5. The molecule has 1 amide bonds. The van der Waals surface area contributed by atoms with Gasteiger partial charge in [0.15, 0.2) is 0 Å². The number of aryl methyl sites for hydroxylation is 1. The number of hydrogen-bond donors (Lipinski definition) is 2. The lowest BCUT2D eigenvalue weighted by Crippen LogP contribution is -2.54. The quantitative estimate of drug-likeness (QED) is 0.845. The average Bonchev–Trinajstić information content (AvgIpc) is 2.94. The Balaban J connectivity index is 1.66. The highest BCUT2D eigenvalue weighted by Crippen LogP contribution is 2.29. The molecule has 2 fully saturated rings. The minimum atomic E-state index is -0.747. The van der Waals surface area contributed by atoms with E-state index in [0.29, 0.717) is 45.7 Å². The molecule has 2 saturated heterocycles. The zero-order valence-corrected chi connectivity index (χ0v) is 13.9. The van der Waals surface area contributed by atoms with Crippen LogP contribution in [0.5, 0.6) is 0 Å². The Labute approximate surface area is 136 Å². The van der Waals surface area contributed by atoms with Crippen LogP contribution in [0.1, 0.15) is 37.3 Å². The Kier molecular flexibility index (Phi) is 4.70. The Morgan fingerprint density at radius 1 is 1.48 bits per heavy atom. The predicted octanol–water partition coefficient (Wildman–Crippen LogP) is 0.465. The molecule has 1 aromatic heterocycles. The van der Waals surface area contributed by atoms with E-state index in [1.807, 2.05) is 13.1 Å².